The van der Waals surface area contributed by atoms with Crippen LogP contribution in [0.2, 0.25) is 0 Å². The van der Waals surface area contributed by atoms with Crippen molar-refractivity contribution in [3.63, 3.8) is 0 Å². The highest BCUT2D eigenvalue weighted by Gasteiger charge is 1.86. The lowest BCUT2D eigenvalue weighted by Gasteiger charge is -1.96. The predicted octanol–water partition coefficient (Wildman–Crippen LogP) is 4.09. The van der Waals surface area contributed by atoms with Crippen molar-refractivity contribution in [3.8, 4) is 0 Å². The molecular formula is C11H20. The molecule has 0 bridgehead atoms. The average molecular weight is 152 g/mol. The third-order valence-electron chi connectivity index (χ3n) is 1.66. The normalized spacial score (nSPS) is 10.7. The summed E-state index contributed by atoms with van der Waals surface area (Å²) in [5, 5.41) is 0. The molecule has 0 aliphatic heterocycles. The van der Waals surface area contributed by atoms with Crippen LogP contribution in [-0.2, 0) is 0 Å². The Labute approximate surface area is 71.0 Å². The fourth-order valence-electron chi connectivity index (χ4n) is 0.904. The van der Waals surface area contributed by atoms with Crippen molar-refractivity contribution in [1.82, 2.24) is 0 Å². The fraction of sp³-hybridized carbons (Fsp3) is 0.636. The summed E-state index contributed by atoms with van der Waals surface area (Å²) in [6, 6.07) is 0. The van der Waals surface area contributed by atoms with Crippen molar-refractivity contribution in [1.29, 1.82) is 0 Å². The molecule has 0 aromatic heterocycles. The van der Waals surface area contributed by atoms with Crippen LogP contribution >= 0.6 is 0 Å². The van der Waals surface area contributed by atoms with Crippen LogP contribution in [0.5, 0.6) is 0 Å². The zero-order valence-corrected chi connectivity index (χ0v) is 7.90. The summed E-state index contributed by atoms with van der Waals surface area (Å²) in [5.74, 6) is 0. The highest BCUT2D eigenvalue weighted by molar-refractivity contribution is 5.13. The quantitative estimate of drug-likeness (QED) is 0.503. The first-order valence-electron chi connectivity index (χ1n) is 4.65. The van der Waals surface area contributed by atoms with Crippen molar-refractivity contribution in [2.24, 2.45) is 0 Å². The van der Waals surface area contributed by atoms with Gasteiger partial charge in [-0.05, 0) is 19.3 Å². The summed E-state index contributed by atoms with van der Waals surface area (Å²) in [6.07, 6.45) is 10.5. The molecule has 0 nitrogen and oxygen atoms in total. The fourth-order valence-corrected chi connectivity index (χ4v) is 0.904. The second-order valence-corrected chi connectivity index (χ2v) is 2.95. The molecular weight excluding hydrogens is 132 g/mol. The summed E-state index contributed by atoms with van der Waals surface area (Å²) >= 11 is 0. The van der Waals surface area contributed by atoms with E-state index in [1.54, 1.807) is 0 Å². The zero-order valence-electron chi connectivity index (χ0n) is 7.90. The number of allylic oxidation sites excluding steroid dienone is 3. The van der Waals surface area contributed by atoms with Gasteiger partial charge in [-0.3, -0.25) is 0 Å². The Morgan fingerprint density at radius 2 is 2.00 bits per heavy atom. The van der Waals surface area contributed by atoms with Crippen molar-refractivity contribution in [3.05, 3.63) is 24.3 Å². The lowest BCUT2D eigenvalue weighted by atomic mass is 10.1. The van der Waals surface area contributed by atoms with Crippen LogP contribution in [0.3, 0.4) is 0 Å². The van der Waals surface area contributed by atoms with Gasteiger partial charge in [0.05, 0.1) is 0 Å². The van der Waals surface area contributed by atoms with Gasteiger partial charge in [0.15, 0.2) is 0 Å². The maximum atomic E-state index is 3.98. The molecule has 0 rings (SSSR count). The van der Waals surface area contributed by atoms with Crippen LogP contribution < -0.4 is 0 Å². The maximum absolute atomic E-state index is 3.98. The van der Waals surface area contributed by atoms with Gasteiger partial charge in [-0.2, -0.15) is 0 Å². The molecule has 0 aromatic rings. The molecule has 64 valence electrons. The van der Waals surface area contributed by atoms with Crippen molar-refractivity contribution >= 4 is 0 Å². The number of hydrogen-bond donors (Lipinski definition) is 0. The van der Waals surface area contributed by atoms with Crippen molar-refractivity contribution in [2.45, 2.75) is 46.0 Å². The number of unbranched alkanes of at least 4 members (excludes halogenated alkanes) is 2. The summed E-state index contributed by atoms with van der Waals surface area (Å²) in [4.78, 5) is 0. The van der Waals surface area contributed by atoms with Gasteiger partial charge in [-0.25, -0.2) is 0 Å². The van der Waals surface area contributed by atoms with E-state index in [-0.39, 0.29) is 0 Å². The van der Waals surface area contributed by atoms with Crippen molar-refractivity contribution < 1.29 is 0 Å². The second kappa shape index (κ2) is 7.59. The van der Waals surface area contributed by atoms with Gasteiger partial charge >= 0.3 is 0 Å². The third kappa shape index (κ3) is 7.38. The third-order valence-corrected chi connectivity index (χ3v) is 1.66. The molecule has 0 atom stereocenters. The van der Waals surface area contributed by atoms with E-state index in [2.05, 4.69) is 32.6 Å². The summed E-state index contributed by atoms with van der Waals surface area (Å²) in [5.41, 5.74) is 1.28. The molecule has 0 aliphatic rings. The van der Waals surface area contributed by atoms with Gasteiger partial charge in [-0.15, -0.1) is 0 Å². The molecule has 0 radical (unpaired) electrons. The minimum absolute atomic E-state index is 1.16. The van der Waals surface area contributed by atoms with Gasteiger partial charge < -0.3 is 0 Å². The lowest BCUT2D eigenvalue weighted by molar-refractivity contribution is 0.798. The summed E-state index contributed by atoms with van der Waals surface area (Å²) < 4.78 is 0. The van der Waals surface area contributed by atoms with Gasteiger partial charge in [0, 0.05) is 0 Å². The van der Waals surface area contributed by atoms with Gasteiger partial charge in [0.25, 0.3) is 0 Å². The Bertz CT molecular complexity index is 120. The van der Waals surface area contributed by atoms with E-state index in [9.17, 15) is 0 Å². The topological polar surface area (TPSA) is 0 Å². The highest BCUT2D eigenvalue weighted by Crippen LogP contribution is 2.06. The Balaban J connectivity index is 3.35. The largest absolute Gasteiger partial charge is 0.0958 e. The second-order valence-electron chi connectivity index (χ2n) is 2.95. The molecule has 11 heavy (non-hydrogen) atoms. The summed E-state index contributed by atoms with van der Waals surface area (Å²) in [6.45, 7) is 8.38. The minimum Gasteiger partial charge on any atom is -0.0958 e. The molecule has 0 unspecified atom stereocenters. The lowest BCUT2D eigenvalue weighted by Crippen LogP contribution is -1.76. The zero-order chi connectivity index (χ0) is 8.53. The molecule has 0 fully saturated rings. The molecule has 0 saturated carbocycles. The van der Waals surface area contributed by atoms with Crippen LogP contribution in [0.1, 0.15) is 46.0 Å². The van der Waals surface area contributed by atoms with Crippen LogP contribution in [-0.4, -0.2) is 0 Å². The number of hydrogen-bond acceptors (Lipinski definition) is 0. The molecule has 0 aromatic carbocycles. The van der Waals surface area contributed by atoms with Crippen LogP contribution in [0.4, 0.5) is 0 Å². The van der Waals surface area contributed by atoms with E-state index in [1.807, 2.05) is 0 Å². The molecule has 0 saturated heterocycles. The molecule has 0 heterocycles. The first-order chi connectivity index (χ1) is 5.31. The first kappa shape index (κ1) is 10.5. The molecule has 0 amide bonds. The van der Waals surface area contributed by atoms with Crippen LogP contribution in [0.15, 0.2) is 24.3 Å². The Hall–Kier alpha value is -0.520. The van der Waals surface area contributed by atoms with Crippen LogP contribution in [0, 0.1) is 0 Å². The smallest absolute Gasteiger partial charge is 0.0285 e. The van der Waals surface area contributed by atoms with E-state index in [1.165, 1.54) is 31.3 Å². The summed E-state index contributed by atoms with van der Waals surface area (Å²) in [7, 11) is 0. The van der Waals surface area contributed by atoms with E-state index < -0.39 is 0 Å². The van der Waals surface area contributed by atoms with Gasteiger partial charge in [-0.1, -0.05) is 51.0 Å². The van der Waals surface area contributed by atoms with Gasteiger partial charge in [0.2, 0.25) is 0 Å². The standard InChI is InChI=1S/C11H20/c1-4-6-8-10-11(3)9-7-5-2/h8,10H,3-7,9H2,1-2H3/b10-8+. The van der Waals surface area contributed by atoms with Gasteiger partial charge in [0.1, 0.15) is 0 Å². The molecule has 0 spiro atoms. The molecule has 0 heteroatoms. The Kier molecular flexibility index (Phi) is 7.23. The van der Waals surface area contributed by atoms with E-state index in [0.717, 1.165) is 6.42 Å². The monoisotopic (exact) mass is 152 g/mol. The highest BCUT2D eigenvalue weighted by atomic mass is 13.9. The van der Waals surface area contributed by atoms with Crippen molar-refractivity contribution in [2.75, 3.05) is 0 Å². The van der Waals surface area contributed by atoms with E-state index >= 15 is 0 Å². The Morgan fingerprint density at radius 1 is 1.27 bits per heavy atom. The first-order valence-corrected chi connectivity index (χ1v) is 4.65. The average Bonchev–Trinajstić information content (AvgIpc) is 2.01. The molecule has 0 N–H and O–H groups in total. The predicted molar refractivity (Wildman–Crippen MR) is 52.7 cm³/mol. The SMILES string of the molecule is C=C(/C=C/CCC)CCCC. The van der Waals surface area contributed by atoms with E-state index in [4.69, 9.17) is 0 Å². The number of rotatable bonds is 6. The van der Waals surface area contributed by atoms with Crippen LogP contribution in [0.25, 0.3) is 0 Å². The molecule has 0 aliphatic carbocycles. The minimum atomic E-state index is 1.16. The Morgan fingerprint density at radius 3 is 2.55 bits per heavy atom. The van der Waals surface area contributed by atoms with E-state index in [0.29, 0.717) is 0 Å². The maximum Gasteiger partial charge on any atom is -0.0285 e.